The van der Waals surface area contributed by atoms with E-state index >= 15 is 0 Å². The molecular weight excluding hydrogens is 426 g/mol. The molecule has 0 bridgehead atoms. The first-order valence-electron chi connectivity index (χ1n) is 10.2. The highest BCUT2D eigenvalue weighted by Crippen LogP contribution is 2.32. The lowest BCUT2D eigenvalue weighted by molar-refractivity contribution is -0.145. The van der Waals surface area contributed by atoms with E-state index in [1.165, 1.54) is 0 Å². The van der Waals surface area contributed by atoms with Crippen molar-refractivity contribution in [2.24, 2.45) is 0 Å². The number of ether oxygens (including phenoxy) is 2. The van der Waals surface area contributed by atoms with Crippen LogP contribution in [0.4, 0.5) is 4.79 Å². The number of thioether (sulfide) groups is 1. The minimum atomic E-state index is -0.611. The van der Waals surface area contributed by atoms with Crippen LogP contribution in [0.3, 0.4) is 0 Å². The fraction of sp³-hybridized carbons (Fsp3) is 0.160. The average Bonchev–Trinajstić information content (AvgIpc) is 3.05. The van der Waals surface area contributed by atoms with Crippen LogP contribution in [0.5, 0.6) is 5.75 Å². The number of nitrogens with zero attached hydrogens (tertiary/aromatic N) is 1. The topological polar surface area (TPSA) is 72.9 Å². The van der Waals surface area contributed by atoms with Gasteiger partial charge in [-0.25, -0.2) is 0 Å². The smallest absolute Gasteiger partial charge is 0.326 e. The maximum atomic E-state index is 12.6. The molecule has 0 aliphatic carbocycles. The number of hydrogen-bond donors (Lipinski definition) is 0. The lowest BCUT2D eigenvalue weighted by Crippen LogP contribution is -2.34. The van der Waals surface area contributed by atoms with Crippen molar-refractivity contribution in [2.75, 3.05) is 13.2 Å². The van der Waals surface area contributed by atoms with E-state index in [1.807, 2.05) is 48.5 Å². The van der Waals surface area contributed by atoms with E-state index in [0.29, 0.717) is 12.4 Å². The van der Waals surface area contributed by atoms with E-state index in [-0.39, 0.29) is 18.1 Å². The van der Waals surface area contributed by atoms with Gasteiger partial charge in [-0.1, -0.05) is 54.6 Å². The molecule has 3 aromatic rings. The summed E-state index contributed by atoms with van der Waals surface area (Å²) in [6.07, 6.45) is 1.63. The Kier molecular flexibility index (Phi) is 6.56. The molecule has 0 radical (unpaired) electrons. The lowest BCUT2D eigenvalue weighted by atomic mass is 10.1. The number of amides is 2. The molecule has 1 heterocycles. The zero-order valence-electron chi connectivity index (χ0n) is 17.4. The first-order valence-corrected chi connectivity index (χ1v) is 11.0. The zero-order chi connectivity index (χ0) is 22.5. The molecule has 7 heteroatoms. The standard InChI is InChI=1S/C25H21NO5S/c1-2-30-23(27)15-26-24(28)22(32-25(26)29)14-17-7-5-11-20(13-17)31-16-19-10-6-9-18-8-3-4-12-21(18)19/h3-14H,2,15-16H2,1H3/b22-14-. The maximum Gasteiger partial charge on any atom is 0.326 e. The van der Waals surface area contributed by atoms with Crippen molar-refractivity contribution in [1.82, 2.24) is 4.90 Å². The summed E-state index contributed by atoms with van der Waals surface area (Å²) < 4.78 is 10.8. The Morgan fingerprint density at radius 1 is 1.03 bits per heavy atom. The Morgan fingerprint density at radius 2 is 1.81 bits per heavy atom. The fourth-order valence-corrected chi connectivity index (χ4v) is 4.24. The molecule has 1 aliphatic rings. The van der Waals surface area contributed by atoms with E-state index < -0.39 is 17.1 Å². The molecule has 0 unspecified atom stereocenters. The highest BCUT2D eigenvalue weighted by Gasteiger charge is 2.36. The van der Waals surface area contributed by atoms with Crippen molar-refractivity contribution in [3.05, 3.63) is 82.8 Å². The van der Waals surface area contributed by atoms with Gasteiger partial charge in [0.1, 0.15) is 18.9 Å². The summed E-state index contributed by atoms with van der Waals surface area (Å²) >= 11 is 0.804. The second-order valence-electron chi connectivity index (χ2n) is 7.07. The summed E-state index contributed by atoms with van der Waals surface area (Å²) in [5, 5.41) is 1.81. The SMILES string of the molecule is CCOC(=O)CN1C(=O)S/C(=C\c2cccc(OCc3cccc4ccccc34)c2)C1=O. The number of benzene rings is 3. The van der Waals surface area contributed by atoms with Crippen molar-refractivity contribution < 1.29 is 23.9 Å². The van der Waals surface area contributed by atoms with E-state index in [4.69, 9.17) is 9.47 Å². The highest BCUT2D eigenvalue weighted by atomic mass is 32.2. The lowest BCUT2D eigenvalue weighted by Gasteiger charge is -2.11. The van der Waals surface area contributed by atoms with Gasteiger partial charge >= 0.3 is 5.97 Å². The zero-order valence-corrected chi connectivity index (χ0v) is 18.3. The minimum Gasteiger partial charge on any atom is -0.489 e. The molecule has 1 saturated heterocycles. The number of hydrogen-bond acceptors (Lipinski definition) is 6. The van der Waals surface area contributed by atoms with Crippen LogP contribution in [0.25, 0.3) is 16.8 Å². The summed E-state index contributed by atoms with van der Waals surface area (Å²) in [7, 11) is 0. The van der Waals surface area contributed by atoms with Gasteiger partial charge in [0, 0.05) is 0 Å². The van der Waals surface area contributed by atoms with Gasteiger partial charge in [-0.3, -0.25) is 19.3 Å². The van der Waals surface area contributed by atoms with Gasteiger partial charge in [0.25, 0.3) is 11.1 Å². The van der Waals surface area contributed by atoms with Crippen LogP contribution >= 0.6 is 11.8 Å². The summed E-state index contributed by atoms with van der Waals surface area (Å²) in [6, 6.07) is 21.5. The first kappa shape index (κ1) is 21.6. The van der Waals surface area contributed by atoms with E-state index in [0.717, 1.165) is 38.6 Å². The second kappa shape index (κ2) is 9.70. The third kappa shape index (κ3) is 4.84. The highest BCUT2D eigenvalue weighted by molar-refractivity contribution is 8.18. The van der Waals surface area contributed by atoms with Crippen LogP contribution in [0.15, 0.2) is 71.6 Å². The van der Waals surface area contributed by atoms with Crippen molar-refractivity contribution in [1.29, 1.82) is 0 Å². The molecule has 3 aromatic carbocycles. The summed E-state index contributed by atoms with van der Waals surface area (Å²) in [6.45, 7) is 1.88. The molecule has 6 nitrogen and oxygen atoms in total. The molecule has 0 aromatic heterocycles. The van der Waals surface area contributed by atoms with Gasteiger partial charge in [0.15, 0.2) is 0 Å². The van der Waals surface area contributed by atoms with E-state index in [2.05, 4.69) is 18.2 Å². The molecule has 4 rings (SSSR count). The van der Waals surface area contributed by atoms with Gasteiger partial charge < -0.3 is 9.47 Å². The molecular formula is C25H21NO5S. The van der Waals surface area contributed by atoms with Gasteiger partial charge in [0.05, 0.1) is 11.5 Å². The van der Waals surface area contributed by atoms with Crippen LogP contribution in [-0.2, 0) is 20.9 Å². The molecule has 0 atom stereocenters. The van der Waals surface area contributed by atoms with Crippen molar-refractivity contribution in [3.63, 3.8) is 0 Å². The van der Waals surface area contributed by atoms with Gasteiger partial charge in [-0.2, -0.15) is 0 Å². The normalized spacial score (nSPS) is 14.9. The maximum absolute atomic E-state index is 12.6. The Hall–Kier alpha value is -3.58. The summed E-state index contributed by atoms with van der Waals surface area (Å²) in [5.74, 6) is -0.465. The van der Waals surface area contributed by atoms with Crippen molar-refractivity contribution in [3.8, 4) is 5.75 Å². The molecule has 1 fully saturated rings. The number of fused-ring (bicyclic) bond motifs is 1. The van der Waals surface area contributed by atoms with Crippen LogP contribution < -0.4 is 4.74 Å². The van der Waals surface area contributed by atoms with Crippen LogP contribution in [0, 0.1) is 0 Å². The molecule has 1 aliphatic heterocycles. The largest absolute Gasteiger partial charge is 0.489 e. The van der Waals surface area contributed by atoms with Gasteiger partial charge in [-0.15, -0.1) is 0 Å². The molecule has 162 valence electrons. The third-order valence-corrected chi connectivity index (χ3v) is 5.80. The monoisotopic (exact) mass is 447 g/mol. The van der Waals surface area contributed by atoms with E-state index in [1.54, 1.807) is 13.0 Å². The molecule has 0 N–H and O–H groups in total. The number of carbonyl (C=O) groups is 3. The molecule has 0 spiro atoms. The predicted molar refractivity (Wildman–Crippen MR) is 124 cm³/mol. The minimum absolute atomic E-state index is 0.191. The van der Waals surface area contributed by atoms with Gasteiger partial charge in [0.2, 0.25) is 0 Å². The predicted octanol–water partition coefficient (Wildman–Crippen LogP) is 5.02. The van der Waals surface area contributed by atoms with Crippen LogP contribution in [0.1, 0.15) is 18.1 Å². The molecule has 32 heavy (non-hydrogen) atoms. The van der Waals surface area contributed by atoms with Crippen LogP contribution in [0.2, 0.25) is 0 Å². The number of imide groups is 1. The number of carbonyl (C=O) groups excluding carboxylic acids is 3. The second-order valence-corrected chi connectivity index (χ2v) is 8.07. The Balaban J connectivity index is 1.47. The number of esters is 1. The van der Waals surface area contributed by atoms with Crippen molar-refractivity contribution >= 4 is 45.7 Å². The fourth-order valence-electron chi connectivity index (χ4n) is 3.40. The quantitative estimate of drug-likeness (QED) is 0.374. The summed E-state index contributed by atoms with van der Waals surface area (Å²) in [4.78, 5) is 37.5. The van der Waals surface area contributed by atoms with Crippen LogP contribution in [-0.4, -0.2) is 35.2 Å². The molecule has 0 saturated carbocycles. The average molecular weight is 448 g/mol. The Bertz CT molecular complexity index is 1210. The Labute approximate surface area is 189 Å². The van der Waals surface area contributed by atoms with Gasteiger partial charge in [-0.05, 0) is 58.8 Å². The van der Waals surface area contributed by atoms with E-state index in [9.17, 15) is 14.4 Å². The molecule has 2 amide bonds. The Morgan fingerprint density at radius 3 is 2.66 bits per heavy atom. The summed E-state index contributed by atoms with van der Waals surface area (Å²) in [5.41, 5.74) is 1.80. The third-order valence-electron chi connectivity index (χ3n) is 4.90. The van der Waals surface area contributed by atoms with Crippen molar-refractivity contribution in [2.45, 2.75) is 13.5 Å². The first-order chi connectivity index (χ1) is 15.5. The number of rotatable bonds is 7.